The van der Waals surface area contributed by atoms with E-state index < -0.39 is 0 Å². The molecule has 0 amide bonds. The van der Waals surface area contributed by atoms with Crippen LogP contribution in [0.5, 0.6) is 0 Å². The minimum Gasteiger partial charge on any atom is -0.334 e. The molecular formula is C13H11N5O. The summed E-state index contributed by atoms with van der Waals surface area (Å²) in [5, 5.41) is 18.4. The molecule has 0 spiro atoms. The minimum absolute atomic E-state index is 0.146. The summed E-state index contributed by atoms with van der Waals surface area (Å²) >= 11 is 0. The van der Waals surface area contributed by atoms with Crippen molar-refractivity contribution >= 4 is 10.9 Å². The van der Waals surface area contributed by atoms with Gasteiger partial charge in [0.1, 0.15) is 17.3 Å². The lowest BCUT2D eigenvalue weighted by Gasteiger charge is -2.02. The van der Waals surface area contributed by atoms with E-state index in [0.29, 0.717) is 23.1 Å². The topological polar surface area (TPSA) is 87.4 Å². The first-order valence-corrected chi connectivity index (χ1v) is 6.15. The van der Waals surface area contributed by atoms with Crippen molar-refractivity contribution in [3.8, 4) is 12.1 Å². The summed E-state index contributed by atoms with van der Waals surface area (Å²) in [5.74, 6) is 0. The van der Waals surface area contributed by atoms with Gasteiger partial charge in [-0.2, -0.15) is 10.5 Å². The molecule has 2 aromatic rings. The van der Waals surface area contributed by atoms with Crippen molar-refractivity contribution in [3.05, 3.63) is 28.1 Å². The van der Waals surface area contributed by atoms with Crippen LogP contribution >= 0.6 is 0 Å². The molecular weight excluding hydrogens is 242 g/mol. The predicted octanol–water partition coefficient (Wildman–Crippen LogP) is 0.930. The van der Waals surface area contributed by atoms with Crippen molar-refractivity contribution < 1.29 is 0 Å². The fourth-order valence-corrected chi connectivity index (χ4v) is 2.68. The summed E-state index contributed by atoms with van der Waals surface area (Å²) in [4.78, 5) is 16.7. The Hall–Kier alpha value is -2.60. The summed E-state index contributed by atoms with van der Waals surface area (Å²) in [7, 11) is 0. The summed E-state index contributed by atoms with van der Waals surface area (Å²) in [6, 6.07) is 4.16. The fourth-order valence-electron chi connectivity index (χ4n) is 2.68. The van der Waals surface area contributed by atoms with Gasteiger partial charge in [-0.25, -0.2) is 4.98 Å². The molecule has 6 heteroatoms. The molecule has 0 aliphatic carbocycles. The molecule has 0 unspecified atom stereocenters. The smallest absolute Gasteiger partial charge is 0.263 e. The Bertz CT molecular complexity index is 800. The van der Waals surface area contributed by atoms with Crippen molar-refractivity contribution in [3.63, 3.8) is 0 Å². The molecule has 0 atom stereocenters. The second-order valence-electron chi connectivity index (χ2n) is 4.54. The SMILES string of the molecule is N#CCCn1cnc2c(C#N)n3c(c2c1=O)CCC3. The van der Waals surface area contributed by atoms with Crippen LogP contribution in [-0.2, 0) is 19.5 Å². The third-order valence-electron chi connectivity index (χ3n) is 3.51. The molecule has 6 nitrogen and oxygen atoms in total. The zero-order valence-electron chi connectivity index (χ0n) is 10.3. The van der Waals surface area contributed by atoms with Crippen LogP contribution < -0.4 is 5.56 Å². The molecule has 1 aliphatic heterocycles. The molecule has 0 aromatic carbocycles. The molecule has 94 valence electrons. The van der Waals surface area contributed by atoms with Gasteiger partial charge in [0.05, 0.1) is 24.2 Å². The number of nitriles is 2. The van der Waals surface area contributed by atoms with E-state index in [4.69, 9.17) is 5.26 Å². The van der Waals surface area contributed by atoms with Gasteiger partial charge in [-0.1, -0.05) is 0 Å². The zero-order chi connectivity index (χ0) is 13.4. The number of aromatic nitrogens is 3. The van der Waals surface area contributed by atoms with Gasteiger partial charge in [0.2, 0.25) is 0 Å². The van der Waals surface area contributed by atoms with Crippen LogP contribution in [0, 0.1) is 22.7 Å². The van der Waals surface area contributed by atoms with Gasteiger partial charge in [0.25, 0.3) is 5.56 Å². The first-order chi connectivity index (χ1) is 9.27. The molecule has 2 aromatic heterocycles. The van der Waals surface area contributed by atoms with Gasteiger partial charge in [-0.05, 0) is 12.8 Å². The second kappa shape index (κ2) is 4.25. The third kappa shape index (κ3) is 1.54. The van der Waals surface area contributed by atoms with E-state index in [1.165, 1.54) is 10.9 Å². The van der Waals surface area contributed by atoms with Crippen LogP contribution in [0.2, 0.25) is 0 Å². The van der Waals surface area contributed by atoms with E-state index >= 15 is 0 Å². The van der Waals surface area contributed by atoms with Crippen molar-refractivity contribution in [2.24, 2.45) is 0 Å². The second-order valence-corrected chi connectivity index (χ2v) is 4.54. The zero-order valence-corrected chi connectivity index (χ0v) is 10.3. The first-order valence-electron chi connectivity index (χ1n) is 6.15. The molecule has 0 saturated heterocycles. The van der Waals surface area contributed by atoms with Crippen LogP contribution in [0.3, 0.4) is 0 Å². The molecule has 0 N–H and O–H groups in total. The van der Waals surface area contributed by atoms with Crippen LogP contribution in [0.15, 0.2) is 11.1 Å². The Morgan fingerprint density at radius 2 is 2.26 bits per heavy atom. The highest BCUT2D eigenvalue weighted by atomic mass is 16.1. The Labute approximate surface area is 109 Å². The van der Waals surface area contributed by atoms with Crippen molar-refractivity contribution in [1.29, 1.82) is 10.5 Å². The van der Waals surface area contributed by atoms with Crippen molar-refractivity contribution in [1.82, 2.24) is 14.1 Å². The predicted molar refractivity (Wildman–Crippen MR) is 67.3 cm³/mol. The van der Waals surface area contributed by atoms with Gasteiger partial charge < -0.3 is 4.57 Å². The Morgan fingerprint density at radius 1 is 1.42 bits per heavy atom. The Morgan fingerprint density at radius 3 is 3.00 bits per heavy atom. The van der Waals surface area contributed by atoms with Gasteiger partial charge in [0.15, 0.2) is 0 Å². The number of hydrogen-bond acceptors (Lipinski definition) is 4. The van der Waals surface area contributed by atoms with Crippen LogP contribution in [-0.4, -0.2) is 14.1 Å². The fraction of sp³-hybridized carbons (Fsp3) is 0.385. The highest BCUT2D eigenvalue weighted by Crippen LogP contribution is 2.27. The van der Waals surface area contributed by atoms with E-state index in [9.17, 15) is 10.1 Å². The van der Waals surface area contributed by atoms with E-state index in [0.717, 1.165) is 25.1 Å². The number of aryl methyl sites for hydroxylation is 2. The van der Waals surface area contributed by atoms with Crippen molar-refractivity contribution in [2.45, 2.75) is 32.4 Å². The lowest BCUT2D eigenvalue weighted by Crippen LogP contribution is -2.20. The van der Waals surface area contributed by atoms with Crippen LogP contribution in [0.25, 0.3) is 10.9 Å². The Kier molecular flexibility index (Phi) is 2.57. The molecule has 3 heterocycles. The number of nitrogens with zero attached hydrogens (tertiary/aromatic N) is 5. The van der Waals surface area contributed by atoms with E-state index in [-0.39, 0.29) is 12.0 Å². The highest BCUT2D eigenvalue weighted by Gasteiger charge is 2.24. The van der Waals surface area contributed by atoms with Gasteiger partial charge in [-0.3, -0.25) is 9.36 Å². The maximum Gasteiger partial charge on any atom is 0.263 e. The molecule has 0 radical (unpaired) electrons. The van der Waals surface area contributed by atoms with Gasteiger partial charge in [0, 0.05) is 18.8 Å². The molecule has 19 heavy (non-hydrogen) atoms. The molecule has 0 bridgehead atoms. The minimum atomic E-state index is -0.146. The van der Waals surface area contributed by atoms with Gasteiger partial charge >= 0.3 is 0 Å². The molecule has 0 fully saturated rings. The van der Waals surface area contributed by atoms with Crippen LogP contribution in [0.1, 0.15) is 24.2 Å². The standard InChI is InChI=1S/C13H11N5O/c14-4-2-5-17-8-16-12-10(7-15)18-6-1-3-9(18)11(12)13(17)19/h8H,1-3,5-6H2. The van der Waals surface area contributed by atoms with E-state index in [1.807, 2.05) is 10.6 Å². The third-order valence-corrected chi connectivity index (χ3v) is 3.51. The molecule has 3 rings (SSSR count). The quantitative estimate of drug-likeness (QED) is 0.796. The molecule has 0 saturated carbocycles. The normalized spacial score (nSPS) is 13.2. The average Bonchev–Trinajstić information content (AvgIpc) is 2.97. The lowest BCUT2D eigenvalue weighted by atomic mass is 10.2. The van der Waals surface area contributed by atoms with Gasteiger partial charge in [-0.15, -0.1) is 0 Å². The summed E-state index contributed by atoms with van der Waals surface area (Å²) in [6.45, 7) is 1.11. The summed E-state index contributed by atoms with van der Waals surface area (Å²) in [6.07, 6.45) is 3.46. The molecule has 1 aliphatic rings. The number of fused-ring (bicyclic) bond motifs is 3. The number of rotatable bonds is 2. The average molecular weight is 253 g/mol. The monoisotopic (exact) mass is 253 g/mol. The maximum absolute atomic E-state index is 12.4. The lowest BCUT2D eigenvalue weighted by molar-refractivity contribution is 0.678. The van der Waals surface area contributed by atoms with E-state index in [2.05, 4.69) is 11.1 Å². The Balaban J connectivity index is 2.30. The summed E-state index contributed by atoms with van der Waals surface area (Å²) < 4.78 is 3.35. The summed E-state index contributed by atoms with van der Waals surface area (Å²) in [5.41, 5.74) is 1.74. The maximum atomic E-state index is 12.4. The highest BCUT2D eigenvalue weighted by molar-refractivity contribution is 5.86. The van der Waals surface area contributed by atoms with Crippen LogP contribution in [0.4, 0.5) is 0 Å². The first kappa shape index (κ1) is 11.5. The van der Waals surface area contributed by atoms with Crippen molar-refractivity contribution in [2.75, 3.05) is 0 Å². The number of hydrogen-bond donors (Lipinski definition) is 0. The van der Waals surface area contributed by atoms with E-state index in [1.54, 1.807) is 0 Å². The largest absolute Gasteiger partial charge is 0.334 e.